The molecule has 1 aliphatic rings. The summed E-state index contributed by atoms with van der Waals surface area (Å²) in [6.07, 6.45) is 5.09. The van der Waals surface area contributed by atoms with Crippen LogP contribution in [0.5, 0.6) is 0 Å². The van der Waals surface area contributed by atoms with Crippen LogP contribution in [0.3, 0.4) is 0 Å². The van der Waals surface area contributed by atoms with Crippen LogP contribution in [0.15, 0.2) is 18.2 Å². The molecular weight excluding hydrogens is 232 g/mol. The summed E-state index contributed by atoms with van der Waals surface area (Å²) >= 11 is 5.99. The number of hydrogen-bond acceptors (Lipinski definition) is 2. The molecule has 0 unspecified atom stereocenters. The minimum Gasteiger partial charge on any atom is -0.383 e. The molecule has 3 heteroatoms. The summed E-state index contributed by atoms with van der Waals surface area (Å²) in [6, 6.07) is 7.72. The Balaban J connectivity index is 2.05. The Bertz CT molecular complexity index is 444. The summed E-state index contributed by atoms with van der Waals surface area (Å²) in [5, 5.41) is 13.0. The van der Waals surface area contributed by atoms with Gasteiger partial charge in [0.2, 0.25) is 0 Å². The fourth-order valence-electron chi connectivity index (χ4n) is 2.29. The summed E-state index contributed by atoms with van der Waals surface area (Å²) < 4.78 is 0. The van der Waals surface area contributed by atoms with Gasteiger partial charge in [-0.3, -0.25) is 0 Å². The van der Waals surface area contributed by atoms with E-state index < -0.39 is 0 Å². The predicted octanol–water partition coefficient (Wildman–Crippen LogP) is 4.20. The molecule has 0 atom stereocenters. The topological polar surface area (TPSA) is 35.8 Å². The molecule has 0 spiro atoms. The molecule has 1 aliphatic carbocycles. The van der Waals surface area contributed by atoms with Crippen molar-refractivity contribution >= 4 is 17.3 Å². The van der Waals surface area contributed by atoms with E-state index in [4.69, 9.17) is 16.9 Å². The first-order valence-electron chi connectivity index (χ1n) is 6.13. The monoisotopic (exact) mass is 248 g/mol. The van der Waals surface area contributed by atoms with Gasteiger partial charge in [0, 0.05) is 6.54 Å². The largest absolute Gasteiger partial charge is 0.383 e. The van der Waals surface area contributed by atoms with Crippen molar-refractivity contribution in [1.82, 2.24) is 0 Å². The average Bonchev–Trinajstić information content (AvgIpc) is 3.07. The second-order valence-electron chi connectivity index (χ2n) is 4.88. The Labute approximate surface area is 108 Å². The zero-order valence-electron chi connectivity index (χ0n) is 10.1. The lowest BCUT2D eigenvalue weighted by molar-refractivity contribution is 0.485. The highest BCUT2D eigenvalue weighted by Crippen LogP contribution is 2.49. The van der Waals surface area contributed by atoms with E-state index in [2.05, 4.69) is 18.3 Å². The van der Waals surface area contributed by atoms with Crippen molar-refractivity contribution in [2.24, 2.45) is 5.41 Å². The molecule has 2 rings (SSSR count). The number of benzene rings is 1. The average molecular weight is 249 g/mol. The van der Waals surface area contributed by atoms with Gasteiger partial charge in [0.1, 0.15) is 6.07 Å². The summed E-state index contributed by atoms with van der Waals surface area (Å²) in [4.78, 5) is 0. The molecule has 1 aromatic carbocycles. The van der Waals surface area contributed by atoms with Gasteiger partial charge in [-0.2, -0.15) is 5.26 Å². The molecule has 0 radical (unpaired) electrons. The van der Waals surface area contributed by atoms with Gasteiger partial charge in [-0.15, -0.1) is 0 Å². The van der Waals surface area contributed by atoms with Crippen molar-refractivity contribution in [3.63, 3.8) is 0 Å². The van der Waals surface area contributed by atoms with Crippen LogP contribution < -0.4 is 5.32 Å². The van der Waals surface area contributed by atoms with E-state index in [1.165, 1.54) is 25.7 Å². The van der Waals surface area contributed by atoms with Crippen LogP contribution in [-0.2, 0) is 0 Å². The zero-order chi connectivity index (χ0) is 12.3. The maximum Gasteiger partial charge on any atom is 0.103 e. The molecule has 0 bridgehead atoms. The van der Waals surface area contributed by atoms with Crippen molar-refractivity contribution in [1.29, 1.82) is 5.26 Å². The van der Waals surface area contributed by atoms with Crippen LogP contribution in [0.1, 0.15) is 38.2 Å². The van der Waals surface area contributed by atoms with Gasteiger partial charge in [-0.25, -0.2) is 0 Å². The van der Waals surface area contributed by atoms with Gasteiger partial charge in [-0.05, 0) is 36.8 Å². The highest BCUT2D eigenvalue weighted by Gasteiger charge is 2.41. The molecule has 0 aliphatic heterocycles. The van der Waals surface area contributed by atoms with Crippen LogP contribution in [0.4, 0.5) is 5.69 Å². The van der Waals surface area contributed by atoms with E-state index in [0.717, 1.165) is 12.2 Å². The third kappa shape index (κ3) is 2.73. The molecule has 90 valence electrons. The third-order valence-electron chi connectivity index (χ3n) is 3.52. The van der Waals surface area contributed by atoms with E-state index in [1.807, 2.05) is 12.1 Å². The van der Waals surface area contributed by atoms with Gasteiger partial charge in [0.15, 0.2) is 0 Å². The van der Waals surface area contributed by atoms with Gasteiger partial charge in [-0.1, -0.05) is 31.0 Å². The summed E-state index contributed by atoms with van der Waals surface area (Å²) in [5.41, 5.74) is 1.90. The molecule has 0 saturated heterocycles. The second kappa shape index (κ2) is 4.98. The van der Waals surface area contributed by atoms with Crippen LogP contribution in [-0.4, -0.2) is 6.54 Å². The number of halogens is 1. The molecule has 2 nitrogen and oxygen atoms in total. The maximum absolute atomic E-state index is 9.07. The van der Waals surface area contributed by atoms with Crippen LogP contribution in [0.2, 0.25) is 5.02 Å². The van der Waals surface area contributed by atoms with Crippen molar-refractivity contribution in [2.75, 3.05) is 11.9 Å². The molecule has 1 fully saturated rings. The van der Waals surface area contributed by atoms with Crippen molar-refractivity contribution in [3.05, 3.63) is 28.8 Å². The number of anilines is 1. The fourth-order valence-corrected chi connectivity index (χ4v) is 2.51. The second-order valence-corrected chi connectivity index (χ2v) is 5.28. The van der Waals surface area contributed by atoms with Crippen molar-refractivity contribution < 1.29 is 0 Å². The van der Waals surface area contributed by atoms with E-state index in [0.29, 0.717) is 16.0 Å². The smallest absolute Gasteiger partial charge is 0.103 e. The van der Waals surface area contributed by atoms with Crippen LogP contribution in [0.25, 0.3) is 0 Å². The molecule has 1 saturated carbocycles. The number of nitrogens with one attached hydrogen (secondary N) is 1. The fraction of sp³-hybridized carbons (Fsp3) is 0.500. The SMILES string of the molecule is CCCC1(CNc2cccc(Cl)c2C#N)CC1. The predicted molar refractivity (Wildman–Crippen MR) is 71.2 cm³/mol. The first-order chi connectivity index (χ1) is 8.21. The molecule has 0 amide bonds. The molecule has 17 heavy (non-hydrogen) atoms. The van der Waals surface area contributed by atoms with Crippen molar-refractivity contribution in [3.8, 4) is 6.07 Å². The third-order valence-corrected chi connectivity index (χ3v) is 3.83. The van der Waals surface area contributed by atoms with Gasteiger partial charge >= 0.3 is 0 Å². The standard InChI is InChI=1S/C14H17ClN2/c1-2-6-14(7-8-14)10-17-13-5-3-4-12(15)11(13)9-16/h3-5,17H,2,6-8,10H2,1H3. The van der Waals surface area contributed by atoms with Crippen LogP contribution >= 0.6 is 11.6 Å². The number of hydrogen-bond donors (Lipinski definition) is 1. The summed E-state index contributed by atoms with van der Waals surface area (Å²) in [6.45, 7) is 3.18. The van der Waals surface area contributed by atoms with Gasteiger partial charge in [0.25, 0.3) is 0 Å². The van der Waals surface area contributed by atoms with Gasteiger partial charge < -0.3 is 5.32 Å². The Hall–Kier alpha value is -1.20. The Morgan fingerprint density at radius 1 is 1.47 bits per heavy atom. The first kappa shape index (κ1) is 12.3. The number of nitrogens with zero attached hydrogens (tertiary/aromatic N) is 1. The lowest BCUT2D eigenvalue weighted by Crippen LogP contribution is -2.15. The van der Waals surface area contributed by atoms with E-state index in [9.17, 15) is 0 Å². The molecule has 0 aromatic heterocycles. The highest BCUT2D eigenvalue weighted by atomic mass is 35.5. The minimum atomic E-state index is 0.476. The summed E-state index contributed by atoms with van der Waals surface area (Å²) in [5.74, 6) is 0. The van der Waals surface area contributed by atoms with E-state index in [-0.39, 0.29) is 0 Å². The quantitative estimate of drug-likeness (QED) is 0.848. The zero-order valence-corrected chi connectivity index (χ0v) is 10.8. The Morgan fingerprint density at radius 3 is 2.82 bits per heavy atom. The normalized spacial score (nSPS) is 16.3. The number of rotatable bonds is 5. The molecule has 1 aromatic rings. The minimum absolute atomic E-state index is 0.476. The molecule has 0 heterocycles. The Kier molecular flexibility index (Phi) is 3.59. The lowest BCUT2D eigenvalue weighted by atomic mass is 10.0. The highest BCUT2D eigenvalue weighted by molar-refractivity contribution is 6.32. The van der Waals surface area contributed by atoms with E-state index >= 15 is 0 Å². The van der Waals surface area contributed by atoms with E-state index in [1.54, 1.807) is 6.07 Å². The van der Waals surface area contributed by atoms with Crippen molar-refractivity contribution in [2.45, 2.75) is 32.6 Å². The first-order valence-corrected chi connectivity index (χ1v) is 6.51. The Morgan fingerprint density at radius 2 is 2.24 bits per heavy atom. The summed E-state index contributed by atoms with van der Waals surface area (Å²) in [7, 11) is 0. The lowest BCUT2D eigenvalue weighted by Gasteiger charge is -2.16. The maximum atomic E-state index is 9.07. The van der Waals surface area contributed by atoms with Gasteiger partial charge in [0.05, 0.1) is 16.3 Å². The molecular formula is C14H17ClN2. The molecule has 1 N–H and O–H groups in total. The number of nitriles is 1. The van der Waals surface area contributed by atoms with Crippen LogP contribution in [0, 0.1) is 16.7 Å².